The molecule has 0 heterocycles. The molecule has 0 bridgehead atoms. The van der Waals surface area contributed by atoms with Gasteiger partial charge in [-0.05, 0) is 61.7 Å². The minimum absolute atomic E-state index is 0.0947. The van der Waals surface area contributed by atoms with Gasteiger partial charge in [-0.1, -0.05) is 72.9 Å². The van der Waals surface area contributed by atoms with Crippen molar-refractivity contribution < 1.29 is 22.4 Å². The number of halogens is 3. The summed E-state index contributed by atoms with van der Waals surface area (Å²) < 4.78 is 43.3. The van der Waals surface area contributed by atoms with E-state index in [2.05, 4.69) is 5.32 Å². The second-order valence-electron chi connectivity index (χ2n) is 9.25. The van der Waals surface area contributed by atoms with Crippen LogP contribution in [0.5, 0.6) is 0 Å². The van der Waals surface area contributed by atoms with Crippen molar-refractivity contribution in [3.8, 4) is 0 Å². The summed E-state index contributed by atoms with van der Waals surface area (Å²) in [6.07, 6.45) is 0.936. The number of para-hydroxylation sites is 1. The summed E-state index contributed by atoms with van der Waals surface area (Å²) in [5.74, 6) is -1.91. The van der Waals surface area contributed by atoms with E-state index in [9.17, 15) is 18.0 Å². The molecule has 0 aliphatic carbocycles. The molecule has 0 aromatic heterocycles. The van der Waals surface area contributed by atoms with E-state index in [0.29, 0.717) is 23.6 Å². The standard InChI is InChI=1S/C29H32Cl2FN3O4S/c1-4-16-33-29(37)26(5-2)34(18-21-12-13-22(30)17-24(21)31)28(36)19-35(27-9-7-6-8-25(27)32)40(38,39)23-14-10-20(3)11-15-23/h6-15,17,26H,4-5,16,18-19H2,1-3H3,(H,33,37). The number of hydrogen-bond acceptors (Lipinski definition) is 4. The summed E-state index contributed by atoms with van der Waals surface area (Å²) >= 11 is 12.4. The zero-order valence-electron chi connectivity index (χ0n) is 22.5. The molecule has 3 aromatic carbocycles. The predicted molar refractivity (Wildman–Crippen MR) is 157 cm³/mol. The maximum Gasteiger partial charge on any atom is 0.264 e. The Kier molecular flexibility index (Phi) is 11.0. The van der Waals surface area contributed by atoms with Crippen molar-refractivity contribution in [3.63, 3.8) is 0 Å². The number of amides is 2. The molecular weight excluding hydrogens is 576 g/mol. The van der Waals surface area contributed by atoms with Crippen molar-refractivity contribution in [1.82, 2.24) is 10.2 Å². The number of nitrogens with zero attached hydrogens (tertiary/aromatic N) is 2. The van der Waals surface area contributed by atoms with E-state index in [0.717, 1.165) is 15.9 Å². The minimum Gasteiger partial charge on any atom is -0.354 e. The van der Waals surface area contributed by atoms with Gasteiger partial charge in [-0.15, -0.1) is 0 Å². The van der Waals surface area contributed by atoms with Gasteiger partial charge in [-0.25, -0.2) is 12.8 Å². The fourth-order valence-electron chi connectivity index (χ4n) is 4.12. The van der Waals surface area contributed by atoms with E-state index in [1.165, 1.54) is 41.3 Å². The van der Waals surface area contributed by atoms with E-state index in [4.69, 9.17) is 23.2 Å². The van der Waals surface area contributed by atoms with Crippen LogP contribution in [0.3, 0.4) is 0 Å². The molecule has 1 N–H and O–H groups in total. The van der Waals surface area contributed by atoms with Crippen LogP contribution in [0.2, 0.25) is 10.0 Å². The van der Waals surface area contributed by atoms with E-state index in [1.54, 1.807) is 31.2 Å². The Balaban J connectivity index is 2.08. The third-order valence-corrected chi connectivity index (χ3v) is 8.66. The van der Waals surface area contributed by atoms with E-state index >= 15 is 4.39 Å². The first-order chi connectivity index (χ1) is 19.0. The number of sulfonamides is 1. The van der Waals surface area contributed by atoms with Gasteiger partial charge in [0.25, 0.3) is 10.0 Å². The molecule has 0 saturated heterocycles. The predicted octanol–water partition coefficient (Wildman–Crippen LogP) is 5.97. The van der Waals surface area contributed by atoms with Crippen LogP contribution in [0, 0.1) is 12.7 Å². The van der Waals surface area contributed by atoms with Crippen LogP contribution < -0.4 is 9.62 Å². The molecule has 40 heavy (non-hydrogen) atoms. The van der Waals surface area contributed by atoms with Crippen LogP contribution in [0.4, 0.5) is 10.1 Å². The molecule has 3 aromatic rings. The fourth-order valence-corrected chi connectivity index (χ4v) is 6.01. The summed E-state index contributed by atoms with van der Waals surface area (Å²) in [5, 5.41) is 3.49. The number of aryl methyl sites for hydroxylation is 1. The Hall–Kier alpha value is -3.14. The van der Waals surface area contributed by atoms with Gasteiger partial charge in [0.15, 0.2) is 0 Å². The Morgan fingerprint density at radius 3 is 2.27 bits per heavy atom. The average molecular weight is 609 g/mol. The van der Waals surface area contributed by atoms with Gasteiger partial charge in [0.1, 0.15) is 18.4 Å². The topological polar surface area (TPSA) is 86.8 Å². The van der Waals surface area contributed by atoms with Crippen molar-refractivity contribution in [2.45, 2.75) is 51.1 Å². The smallest absolute Gasteiger partial charge is 0.264 e. The third kappa shape index (κ3) is 7.53. The van der Waals surface area contributed by atoms with Gasteiger partial charge in [0, 0.05) is 23.1 Å². The van der Waals surface area contributed by atoms with Crippen molar-refractivity contribution >= 4 is 50.7 Å². The Labute approximate surface area is 244 Å². The van der Waals surface area contributed by atoms with Crippen LogP contribution in [0.25, 0.3) is 0 Å². The minimum atomic E-state index is -4.37. The quantitative estimate of drug-likeness (QED) is 0.275. The molecular formula is C29H32Cl2FN3O4S. The molecule has 7 nitrogen and oxygen atoms in total. The van der Waals surface area contributed by atoms with Crippen LogP contribution in [-0.2, 0) is 26.2 Å². The van der Waals surface area contributed by atoms with Gasteiger partial charge >= 0.3 is 0 Å². The largest absolute Gasteiger partial charge is 0.354 e. The third-order valence-electron chi connectivity index (χ3n) is 6.30. The van der Waals surface area contributed by atoms with Crippen LogP contribution in [-0.4, -0.2) is 44.3 Å². The van der Waals surface area contributed by atoms with E-state index < -0.39 is 34.3 Å². The maximum atomic E-state index is 15.0. The highest BCUT2D eigenvalue weighted by Gasteiger charge is 2.34. The molecule has 0 spiro atoms. The number of nitrogens with one attached hydrogen (secondary N) is 1. The molecule has 0 aliphatic rings. The molecule has 1 unspecified atom stereocenters. The first-order valence-electron chi connectivity index (χ1n) is 12.8. The van der Waals surface area contributed by atoms with Crippen molar-refractivity contribution in [2.75, 3.05) is 17.4 Å². The highest BCUT2D eigenvalue weighted by Crippen LogP contribution is 2.28. The molecule has 0 aliphatic heterocycles. The normalized spacial score (nSPS) is 12.1. The highest BCUT2D eigenvalue weighted by molar-refractivity contribution is 7.92. The van der Waals surface area contributed by atoms with Gasteiger partial charge in [0.05, 0.1) is 10.6 Å². The number of carbonyl (C=O) groups is 2. The van der Waals surface area contributed by atoms with Gasteiger partial charge in [-0.3, -0.25) is 13.9 Å². The van der Waals surface area contributed by atoms with E-state index in [-0.39, 0.29) is 34.5 Å². The number of rotatable bonds is 12. The zero-order valence-corrected chi connectivity index (χ0v) is 24.9. The molecule has 3 rings (SSSR count). The van der Waals surface area contributed by atoms with Crippen molar-refractivity contribution in [1.29, 1.82) is 0 Å². The van der Waals surface area contributed by atoms with E-state index in [1.807, 2.05) is 13.8 Å². The molecule has 214 valence electrons. The van der Waals surface area contributed by atoms with Gasteiger partial charge in [-0.2, -0.15) is 0 Å². The number of anilines is 1. The molecule has 11 heteroatoms. The second kappa shape index (κ2) is 14.0. The first-order valence-corrected chi connectivity index (χ1v) is 15.0. The first kappa shape index (κ1) is 31.4. The van der Waals surface area contributed by atoms with Crippen molar-refractivity contribution in [2.24, 2.45) is 0 Å². The lowest BCUT2D eigenvalue weighted by Gasteiger charge is -2.33. The Bertz CT molecular complexity index is 1450. The summed E-state index contributed by atoms with van der Waals surface area (Å²) in [4.78, 5) is 28.3. The van der Waals surface area contributed by atoms with Crippen molar-refractivity contribution in [3.05, 3.63) is 93.7 Å². The monoisotopic (exact) mass is 607 g/mol. The zero-order chi connectivity index (χ0) is 29.4. The van der Waals surface area contributed by atoms with Gasteiger partial charge < -0.3 is 10.2 Å². The summed E-state index contributed by atoms with van der Waals surface area (Å²) in [6, 6.07) is 15.2. The molecule has 0 radical (unpaired) electrons. The lowest BCUT2D eigenvalue weighted by Crippen LogP contribution is -2.52. The number of hydrogen-bond donors (Lipinski definition) is 1. The van der Waals surface area contributed by atoms with Crippen LogP contribution >= 0.6 is 23.2 Å². The van der Waals surface area contributed by atoms with Crippen LogP contribution in [0.1, 0.15) is 37.8 Å². The Morgan fingerprint density at radius 1 is 1.00 bits per heavy atom. The number of carbonyl (C=O) groups excluding carboxylic acids is 2. The van der Waals surface area contributed by atoms with Gasteiger partial charge in [0.2, 0.25) is 11.8 Å². The summed E-state index contributed by atoms with van der Waals surface area (Å²) in [6.45, 7) is 5.02. The molecule has 2 amide bonds. The second-order valence-corrected chi connectivity index (χ2v) is 12.0. The highest BCUT2D eigenvalue weighted by atomic mass is 35.5. The maximum absolute atomic E-state index is 15.0. The molecule has 0 fully saturated rings. The molecule has 0 saturated carbocycles. The number of benzene rings is 3. The van der Waals surface area contributed by atoms with Crippen LogP contribution in [0.15, 0.2) is 71.6 Å². The lowest BCUT2D eigenvalue weighted by atomic mass is 10.1. The Morgan fingerprint density at radius 2 is 1.68 bits per heavy atom. The average Bonchev–Trinajstić information content (AvgIpc) is 2.92. The SMILES string of the molecule is CCCNC(=O)C(CC)N(Cc1ccc(Cl)cc1Cl)C(=O)CN(c1ccccc1F)S(=O)(=O)c1ccc(C)cc1. The summed E-state index contributed by atoms with van der Waals surface area (Å²) in [5.41, 5.74) is 1.06. The fraction of sp³-hybridized carbons (Fsp3) is 0.310. The summed E-state index contributed by atoms with van der Waals surface area (Å²) in [7, 11) is -4.37. The lowest BCUT2D eigenvalue weighted by molar-refractivity contribution is -0.140. The molecule has 1 atom stereocenters.